The van der Waals surface area contributed by atoms with E-state index in [0.29, 0.717) is 12.7 Å². The van der Waals surface area contributed by atoms with Crippen molar-refractivity contribution in [2.45, 2.75) is 6.92 Å². The van der Waals surface area contributed by atoms with Crippen molar-refractivity contribution in [3.05, 3.63) is 41.2 Å². The topological polar surface area (TPSA) is 58.6 Å². The number of hydrogen-bond acceptors (Lipinski definition) is 3. The van der Waals surface area contributed by atoms with E-state index in [0.717, 1.165) is 5.57 Å². The van der Waals surface area contributed by atoms with Crippen LogP contribution in [0.2, 0.25) is 0 Å². The minimum absolute atomic E-state index is 0.0469. The van der Waals surface area contributed by atoms with Crippen molar-refractivity contribution >= 4 is 5.91 Å². The monoisotopic (exact) mass is 289 g/mol. The van der Waals surface area contributed by atoms with Gasteiger partial charge in [-0.3, -0.25) is 4.79 Å². The Morgan fingerprint density at radius 2 is 2.05 bits per heavy atom. The summed E-state index contributed by atoms with van der Waals surface area (Å²) in [6.45, 7) is 5.88. The van der Waals surface area contributed by atoms with E-state index >= 15 is 0 Å². The number of aromatic hydroxyl groups is 1. The van der Waals surface area contributed by atoms with Crippen LogP contribution in [0, 0.1) is 17.5 Å². The van der Waals surface area contributed by atoms with Crippen molar-refractivity contribution in [2.24, 2.45) is 0 Å². The fraction of sp³-hybridized carbons (Fsp3) is 0.308. The van der Waals surface area contributed by atoms with Gasteiger partial charge >= 0.3 is 0 Å². The van der Waals surface area contributed by atoms with Gasteiger partial charge in [0.25, 0.3) is 5.91 Å². The number of phenolic OH excluding ortho intramolecular Hbond substituents is 1. The first-order valence-electron chi connectivity index (χ1n) is 5.71. The second-order valence-electron chi connectivity index (χ2n) is 4.15. The molecule has 1 amide bonds. The molecule has 0 aliphatic heterocycles. The highest BCUT2D eigenvalue weighted by Crippen LogP contribution is 2.25. The molecule has 0 radical (unpaired) electrons. The molecule has 1 aromatic carbocycles. The summed E-state index contributed by atoms with van der Waals surface area (Å²) in [6.07, 6.45) is 0. The molecule has 0 aliphatic carbocycles. The third kappa shape index (κ3) is 3.99. The first-order chi connectivity index (χ1) is 9.34. The van der Waals surface area contributed by atoms with Crippen molar-refractivity contribution in [3.8, 4) is 5.75 Å². The zero-order chi connectivity index (χ0) is 15.3. The fourth-order valence-corrected chi connectivity index (χ4v) is 1.33. The van der Waals surface area contributed by atoms with Crippen LogP contribution in [0.4, 0.5) is 13.2 Å². The number of halogens is 3. The third-order valence-corrected chi connectivity index (χ3v) is 2.26. The minimum atomic E-state index is -1.73. The Kier molecular flexibility index (Phi) is 5.57. The Morgan fingerprint density at radius 3 is 2.65 bits per heavy atom. The van der Waals surface area contributed by atoms with Gasteiger partial charge in [-0.2, -0.15) is 4.39 Å². The maximum absolute atomic E-state index is 13.4. The molecule has 0 unspecified atom stereocenters. The molecule has 0 aromatic heterocycles. The largest absolute Gasteiger partial charge is 0.503 e. The molecule has 4 nitrogen and oxygen atoms in total. The summed E-state index contributed by atoms with van der Waals surface area (Å²) in [4.78, 5) is 11.6. The highest BCUT2D eigenvalue weighted by Gasteiger charge is 2.22. The summed E-state index contributed by atoms with van der Waals surface area (Å²) in [5.74, 6) is -7.25. The first-order valence-corrected chi connectivity index (χ1v) is 5.71. The zero-order valence-electron chi connectivity index (χ0n) is 10.8. The highest BCUT2D eigenvalue weighted by molar-refractivity contribution is 5.94. The van der Waals surface area contributed by atoms with Crippen molar-refractivity contribution in [1.29, 1.82) is 0 Å². The molecular formula is C13H14F3NO3. The van der Waals surface area contributed by atoms with Crippen molar-refractivity contribution in [3.63, 3.8) is 0 Å². The molecule has 0 bridgehead atoms. The number of benzene rings is 1. The zero-order valence-corrected chi connectivity index (χ0v) is 10.8. The number of carbonyl (C=O) groups excluding carboxylic acids is 1. The molecule has 0 aliphatic rings. The lowest BCUT2D eigenvalue weighted by molar-refractivity contribution is 0.0921. The quantitative estimate of drug-likeness (QED) is 0.479. The number of hydrogen-bond donors (Lipinski definition) is 2. The fourth-order valence-electron chi connectivity index (χ4n) is 1.33. The van der Waals surface area contributed by atoms with E-state index in [2.05, 4.69) is 11.9 Å². The first kappa shape index (κ1) is 16.0. The Labute approximate surface area is 113 Å². The van der Waals surface area contributed by atoms with E-state index in [4.69, 9.17) is 9.84 Å². The highest BCUT2D eigenvalue weighted by atomic mass is 19.2. The molecule has 2 N–H and O–H groups in total. The van der Waals surface area contributed by atoms with Gasteiger partial charge in [-0.1, -0.05) is 12.2 Å². The summed E-state index contributed by atoms with van der Waals surface area (Å²) in [6, 6.07) is 0.383. The van der Waals surface area contributed by atoms with Gasteiger partial charge in [0.2, 0.25) is 5.82 Å². The maximum atomic E-state index is 13.4. The number of phenols is 1. The summed E-state index contributed by atoms with van der Waals surface area (Å²) >= 11 is 0. The number of ether oxygens (including phenoxy) is 1. The van der Waals surface area contributed by atoms with E-state index < -0.39 is 34.7 Å². The molecule has 0 saturated heterocycles. The minimum Gasteiger partial charge on any atom is -0.503 e. The molecule has 0 atom stereocenters. The van der Waals surface area contributed by atoms with Gasteiger partial charge in [-0.15, -0.1) is 0 Å². The molecule has 0 spiro atoms. The number of nitrogens with one attached hydrogen (secondary N) is 1. The SMILES string of the molecule is C=C(C)COCCNC(=O)c1cc(F)c(F)c(O)c1F. The van der Waals surface area contributed by atoms with Crippen LogP contribution in [0.25, 0.3) is 0 Å². The average Bonchev–Trinajstić information content (AvgIpc) is 2.39. The van der Waals surface area contributed by atoms with Crippen LogP contribution < -0.4 is 5.32 Å². The van der Waals surface area contributed by atoms with Crippen LogP contribution in [0.1, 0.15) is 17.3 Å². The van der Waals surface area contributed by atoms with Gasteiger partial charge in [0.1, 0.15) is 0 Å². The molecule has 20 heavy (non-hydrogen) atoms. The van der Waals surface area contributed by atoms with Crippen LogP contribution in [0.15, 0.2) is 18.2 Å². The van der Waals surface area contributed by atoms with Crippen LogP contribution in [-0.4, -0.2) is 30.8 Å². The molecule has 0 fully saturated rings. The van der Waals surface area contributed by atoms with E-state index in [1.165, 1.54) is 0 Å². The summed E-state index contributed by atoms with van der Waals surface area (Å²) < 4.78 is 44.3. The van der Waals surface area contributed by atoms with Gasteiger partial charge in [0.15, 0.2) is 17.4 Å². The van der Waals surface area contributed by atoms with Crippen molar-refractivity contribution in [2.75, 3.05) is 19.8 Å². The lowest BCUT2D eigenvalue weighted by Crippen LogP contribution is -2.28. The molecule has 1 rings (SSSR count). The Bertz CT molecular complexity index is 532. The average molecular weight is 289 g/mol. The molecule has 0 saturated carbocycles. The van der Waals surface area contributed by atoms with E-state index in [1.807, 2.05) is 0 Å². The van der Waals surface area contributed by atoms with Crippen LogP contribution in [-0.2, 0) is 4.74 Å². The summed E-state index contributed by atoms with van der Waals surface area (Å²) in [5, 5.41) is 11.2. The van der Waals surface area contributed by atoms with Crippen LogP contribution in [0.3, 0.4) is 0 Å². The van der Waals surface area contributed by atoms with Crippen molar-refractivity contribution < 1.29 is 27.8 Å². The number of rotatable bonds is 6. The summed E-state index contributed by atoms with van der Waals surface area (Å²) in [5.41, 5.74) is 0.0224. The normalized spacial score (nSPS) is 10.4. The maximum Gasteiger partial charge on any atom is 0.254 e. The van der Waals surface area contributed by atoms with Gasteiger partial charge in [-0.25, -0.2) is 8.78 Å². The Morgan fingerprint density at radius 1 is 1.40 bits per heavy atom. The summed E-state index contributed by atoms with van der Waals surface area (Å²) in [7, 11) is 0. The van der Waals surface area contributed by atoms with Gasteiger partial charge in [-0.05, 0) is 13.0 Å². The van der Waals surface area contributed by atoms with Gasteiger partial charge in [0, 0.05) is 6.54 Å². The van der Waals surface area contributed by atoms with Gasteiger partial charge < -0.3 is 15.2 Å². The lowest BCUT2D eigenvalue weighted by atomic mass is 10.1. The predicted molar refractivity (Wildman–Crippen MR) is 65.9 cm³/mol. The third-order valence-electron chi connectivity index (χ3n) is 2.26. The molecule has 0 heterocycles. The molecule has 110 valence electrons. The van der Waals surface area contributed by atoms with Crippen molar-refractivity contribution in [1.82, 2.24) is 5.32 Å². The Balaban J connectivity index is 2.62. The van der Waals surface area contributed by atoms with E-state index in [9.17, 15) is 18.0 Å². The van der Waals surface area contributed by atoms with E-state index in [1.54, 1.807) is 6.92 Å². The van der Waals surface area contributed by atoms with Gasteiger partial charge in [0.05, 0.1) is 18.8 Å². The smallest absolute Gasteiger partial charge is 0.254 e. The second kappa shape index (κ2) is 6.95. The Hall–Kier alpha value is -2.02. The molecular weight excluding hydrogens is 275 g/mol. The molecule has 1 aromatic rings. The predicted octanol–water partition coefficient (Wildman–Crippen LogP) is 2.13. The molecule has 7 heteroatoms. The van der Waals surface area contributed by atoms with E-state index in [-0.39, 0.29) is 13.2 Å². The van der Waals surface area contributed by atoms with Crippen LogP contribution >= 0.6 is 0 Å². The second-order valence-corrected chi connectivity index (χ2v) is 4.15. The lowest BCUT2D eigenvalue weighted by Gasteiger charge is -2.08. The number of amides is 1. The number of carbonyl (C=O) groups is 1. The standard InChI is InChI=1S/C13H14F3NO3/c1-7(2)6-20-4-3-17-13(19)8-5-9(14)11(16)12(18)10(8)15/h5,18H,1,3-4,6H2,2H3,(H,17,19). The van der Waals surface area contributed by atoms with Crippen LogP contribution in [0.5, 0.6) is 5.75 Å².